The van der Waals surface area contributed by atoms with Crippen molar-refractivity contribution in [3.63, 3.8) is 0 Å². The molecule has 1 N–H and O–H groups in total. The molecule has 2 aromatic rings. The van der Waals surface area contributed by atoms with Crippen LogP contribution in [-0.4, -0.2) is 11.5 Å². The zero-order valence-electron chi connectivity index (χ0n) is 11.4. The average Bonchev–Trinajstić information content (AvgIpc) is 2.46. The van der Waals surface area contributed by atoms with Gasteiger partial charge >= 0.3 is 0 Å². The van der Waals surface area contributed by atoms with Gasteiger partial charge in [-0.25, -0.2) is 4.39 Å². The fourth-order valence-electron chi connectivity index (χ4n) is 2.16. The summed E-state index contributed by atoms with van der Waals surface area (Å²) in [6, 6.07) is 8.66. The Balaban J connectivity index is 2.24. The normalized spacial score (nSPS) is 12.3. The summed E-state index contributed by atoms with van der Waals surface area (Å²) in [6.45, 7) is 2.92. The lowest BCUT2D eigenvalue weighted by Gasteiger charge is -2.20. The van der Waals surface area contributed by atoms with E-state index in [1.807, 2.05) is 18.2 Å². The van der Waals surface area contributed by atoms with Gasteiger partial charge in [-0.3, -0.25) is 4.98 Å². The van der Waals surface area contributed by atoms with E-state index < -0.39 is 0 Å². The molecule has 2 rings (SSSR count). The van der Waals surface area contributed by atoms with Crippen LogP contribution < -0.4 is 5.32 Å². The molecule has 20 heavy (non-hydrogen) atoms. The van der Waals surface area contributed by atoms with Gasteiger partial charge < -0.3 is 5.32 Å². The third-order valence-corrected chi connectivity index (χ3v) is 3.54. The number of aromatic nitrogens is 1. The van der Waals surface area contributed by atoms with Gasteiger partial charge in [0.2, 0.25) is 0 Å². The van der Waals surface area contributed by atoms with Crippen molar-refractivity contribution < 1.29 is 4.39 Å². The lowest BCUT2D eigenvalue weighted by Crippen LogP contribution is -2.25. The largest absolute Gasteiger partial charge is 0.310 e. The standard InChI is InChI=1S/C16H18ClFN2/c1-2-8-20-16(13-5-3-4-6-15(13)18)10-12-7-9-19-11-14(12)17/h3-7,9,11,16,20H,2,8,10H2,1H3. The topological polar surface area (TPSA) is 24.9 Å². The van der Waals surface area contributed by atoms with Crippen LogP contribution >= 0.6 is 11.6 Å². The highest BCUT2D eigenvalue weighted by Gasteiger charge is 2.16. The lowest BCUT2D eigenvalue weighted by molar-refractivity contribution is 0.497. The number of pyridine rings is 1. The van der Waals surface area contributed by atoms with Crippen LogP contribution in [0.1, 0.15) is 30.5 Å². The van der Waals surface area contributed by atoms with Crippen molar-refractivity contribution in [3.8, 4) is 0 Å². The zero-order chi connectivity index (χ0) is 14.4. The molecule has 0 spiro atoms. The molecule has 0 radical (unpaired) electrons. The Hall–Kier alpha value is -1.45. The molecular formula is C16H18ClFN2. The highest BCUT2D eigenvalue weighted by molar-refractivity contribution is 6.31. The molecule has 1 aromatic heterocycles. The Morgan fingerprint density at radius 2 is 2.10 bits per heavy atom. The van der Waals surface area contributed by atoms with E-state index >= 15 is 0 Å². The van der Waals surface area contributed by atoms with Gasteiger partial charge in [0.05, 0.1) is 5.02 Å². The molecular weight excluding hydrogens is 275 g/mol. The first-order valence-corrected chi connectivity index (χ1v) is 7.16. The van der Waals surface area contributed by atoms with E-state index in [2.05, 4.69) is 17.2 Å². The molecule has 4 heteroatoms. The van der Waals surface area contributed by atoms with Crippen molar-refractivity contribution in [1.29, 1.82) is 0 Å². The van der Waals surface area contributed by atoms with Crippen LogP contribution in [0.4, 0.5) is 4.39 Å². The maximum Gasteiger partial charge on any atom is 0.127 e. The summed E-state index contributed by atoms with van der Waals surface area (Å²) in [5, 5.41) is 4.00. The number of benzene rings is 1. The quantitative estimate of drug-likeness (QED) is 0.865. The number of nitrogens with one attached hydrogen (secondary N) is 1. The van der Waals surface area contributed by atoms with Crippen molar-refractivity contribution in [2.45, 2.75) is 25.8 Å². The Morgan fingerprint density at radius 1 is 1.30 bits per heavy atom. The molecule has 0 amide bonds. The molecule has 0 bridgehead atoms. The van der Waals surface area contributed by atoms with E-state index in [1.165, 1.54) is 6.07 Å². The van der Waals surface area contributed by atoms with E-state index in [9.17, 15) is 4.39 Å². The Bertz CT molecular complexity index is 560. The molecule has 0 aliphatic carbocycles. The summed E-state index contributed by atoms with van der Waals surface area (Å²) in [5.74, 6) is -0.189. The first-order chi connectivity index (χ1) is 9.72. The van der Waals surface area contributed by atoms with E-state index in [-0.39, 0.29) is 11.9 Å². The number of hydrogen-bond acceptors (Lipinski definition) is 2. The molecule has 0 saturated heterocycles. The van der Waals surface area contributed by atoms with Gasteiger partial charge in [-0.15, -0.1) is 0 Å². The summed E-state index contributed by atoms with van der Waals surface area (Å²) in [6.07, 6.45) is 4.96. The molecule has 0 fully saturated rings. The maximum absolute atomic E-state index is 14.0. The fraction of sp³-hybridized carbons (Fsp3) is 0.312. The molecule has 1 atom stereocenters. The van der Waals surface area contributed by atoms with E-state index in [4.69, 9.17) is 11.6 Å². The summed E-state index contributed by atoms with van der Waals surface area (Å²) >= 11 is 6.15. The van der Waals surface area contributed by atoms with Crippen LogP contribution in [0.15, 0.2) is 42.7 Å². The van der Waals surface area contributed by atoms with Gasteiger partial charge in [0.15, 0.2) is 0 Å². The van der Waals surface area contributed by atoms with E-state index in [0.717, 1.165) is 18.5 Å². The highest BCUT2D eigenvalue weighted by Crippen LogP contribution is 2.24. The summed E-state index contributed by atoms with van der Waals surface area (Å²) in [4.78, 5) is 3.98. The summed E-state index contributed by atoms with van der Waals surface area (Å²) in [5.41, 5.74) is 1.65. The second kappa shape index (κ2) is 7.36. The molecule has 0 aliphatic rings. The number of nitrogens with zero attached hydrogens (tertiary/aromatic N) is 1. The number of hydrogen-bond donors (Lipinski definition) is 1. The van der Waals surface area contributed by atoms with Gasteiger partial charge in [0.25, 0.3) is 0 Å². The second-order valence-corrected chi connectivity index (χ2v) is 5.11. The second-order valence-electron chi connectivity index (χ2n) is 4.70. The average molecular weight is 293 g/mol. The highest BCUT2D eigenvalue weighted by atomic mass is 35.5. The van der Waals surface area contributed by atoms with Crippen LogP contribution in [0.3, 0.4) is 0 Å². The van der Waals surface area contributed by atoms with Gasteiger partial charge in [-0.1, -0.05) is 36.7 Å². The van der Waals surface area contributed by atoms with Crippen LogP contribution in [-0.2, 0) is 6.42 Å². The minimum atomic E-state index is -0.189. The van der Waals surface area contributed by atoms with Crippen LogP contribution in [0.25, 0.3) is 0 Å². The third kappa shape index (κ3) is 3.78. The van der Waals surface area contributed by atoms with E-state index in [1.54, 1.807) is 18.5 Å². The molecule has 1 heterocycles. The number of halogens is 2. The molecule has 2 nitrogen and oxygen atoms in total. The van der Waals surface area contributed by atoms with Gasteiger partial charge in [-0.2, -0.15) is 0 Å². The van der Waals surface area contributed by atoms with Crippen molar-refractivity contribution in [3.05, 3.63) is 64.7 Å². The van der Waals surface area contributed by atoms with Crippen molar-refractivity contribution in [2.75, 3.05) is 6.54 Å². The minimum absolute atomic E-state index is 0.0870. The smallest absolute Gasteiger partial charge is 0.127 e. The zero-order valence-corrected chi connectivity index (χ0v) is 12.2. The third-order valence-electron chi connectivity index (χ3n) is 3.20. The van der Waals surface area contributed by atoms with Crippen molar-refractivity contribution >= 4 is 11.6 Å². The number of rotatable bonds is 6. The van der Waals surface area contributed by atoms with Crippen molar-refractivity contribution in [1.82, 2.24) is 10.3 Å². The molecule has 0 aliphatic heterocycles. The minimum Gasteiger partial charge on any atom is -0.310 e. The lowest BCUT2D eigenvalue weighted by atomic mass is 9.99. The fourth-order valence-corrected chi connectivity index (χ4v) is 2.35. The molecule has 1 unspecified atom stereocenters. The Kier molecular flexibility index (Phi) is 5.50. The monoisotopic (exact) mass is 292 g/mol. The molecule has 1 aromatic carbocycles. The Morgan fingerprint density at radius 3 is 2.80 bits per heavy atom. The Labute approximate surface area is 124 Å². The van der Waals surface area contributed by atoms with Crippen LogP contribution in [0, 0.1) is 5.82 Å². The van der Waals surface area contributed by atoms with Gasteiger partial charge in [0, 0.05) is 24.0 Å². The maximum atomic E-state index is 14.0. The predicted molar refractivity (Wildman–Crippen MR) is 80.4 cm³/mol. The van der Waals surface area contributed by atoms with Gasteiger partial charge in [-0.05, 0) is 37.1 Å². The first kappa shape index (κ1) is 14.9. The predicted octanol–water partition coefficient (Wildman–Crippen LogP) is 4.16. The van der Waals surface area contributed by atoms with Crippen molar-refractivity contribution in [2.24, 2.45) is 0 Å². The van der Waals surface area contributed by atoms with Crippen LogP contribution in [0.5, 0.6) is 0 Å². The van der Waals surface area contributed by atoms with Gasteiger partial charge in [0.1, 0.15) is 5.82 Å². The SMILES string of the molecule is CCCNC(Cc1ccncc1Cl)c1ccccc1F. The summed E-state index contributed by atoms with van der Waals surface area (Å²) < 4.78 is 14.0. The molecule has 0 saturated carbocycles. The summed E-state index contributed by atoms with van der Waals surface area (Å²) in [7, 11) is 0. The molecule has 106 valence electrons. The van der Waals surface area contributed by atoms with E-state index in [0.29, 0.717) is 17.0 Å². The van der Waals surface area contributed by atoms with Crippen LogP contribution in [0.2, 0.25) is 5.02 Å². The first-order valence-electron chi connectivity index (χ1n) is 6.78.